The maximum atomic E-state index is 12.4. The van der Waals surface area contributed by atoms with Crippen molar-refractivity contribution in [2.24, 2.45) is 10.9 Å². The molecule has 0 saturated carbocycles. The number of carbonyl (C=O) groups is 1. The molecule has 0 bridgehead atoms. The standard InChI is InChI=1S/C24H42N6O2/c1-6-29(23(31)32-24(2,3)4)19-20-12-17-30(18-13-20)22(25-5)28-16-10-9-15-27-21-11-7-8-14-26-21/h7-8,11,14,20H,6,9-10,12-13,15-19H2,1-5H3,(H,25,28)(H,26,27). The van der Waals surface area contributed by atoms with Gasteiger partial charge in [-0.05, 0) is 71.4 Å². The van der Waals surface area contributed by atoms with Crippen LogP contribution < -0.4 is 10.6 Å². The molecule has 2 rings (SSSR count). The fraction of sp³-hybridized carbons (Fsp3) is 0.708. The summed E-state index contributed by atoms with van der Waals surface area (Å²) < 4.78 is 5.55. The Morgan fingerprint density at radius 3 is 2.56 bits per heavy atom. The summed E-state index contributed by atoms with van der Waals surface area (Å²) in [6.07, 6.45) is 5.82. The second-order valence-corrected chi connectivity index (χ2v) is 9.27. The smallest absolute Gasteiger partial charge is 0.410 e. The first kappa shape index (κ1) is 25.7. The molecule has 1 aromatic rings. The van der Waals surface area contributed by atoms with E-state index in [0.29, 0.717) is 12.5 Å². The van der Waals surface area contributed by atoms with Crippen LogP contribution in [0.3, 0.4) is 0 Å². The molecule has 0 radical (unpaired) electrons. The first-order chi connectivity index (χ1) is 15.3. The number of likely N-dealkylation sites (tertiary alicyclic amines) is 1. The number of pyridine rings is 1. The van der Waals surface area contributed by atoms with Crippen molar-refractivity contribution in [1.29, 1.82) is 0 Å². The van der Waals surface area contributed by atoms with Crippen molar-refractivity contribution < 1.29 is 9.53 Å². The fourth-order valence-electron chi connectivity index (χ4n) is 3.76. The van der Waals surface area contributed by atoms with Crippen molar-refractivity contribution in [3.05, 3.63) is 24.4 Å². The molecule has 180 valence electrons. The normalized spacial score (nSPS) is 15.4. The van der Waals surface area contributed by atoms with Gasteiger partial charge in [-0.1, -0.05) is 6.07 Å². The van der Waals surface area contributed by atoms with Gasteiger partial charge < -0.3 is 25.2 Å². The first-order valence-corrected chi connectivity index (χ1v) is 11.9. The number of rotatable bonds is 9. The van der Waals surface area contributed by atoms with Crippen LogP contribution in [0.2, 0.25) is 0 Å². The predicted octanol–water partition coefficient (Wildman–Crippen LogP) is 3.82. The van der Waals surface area contributed by atoms with E-state index in [1.807, 2.05) is 57.8 Å². The van der Waals surface area contributed by atoms with E-state index in [2.05, 4.69) is 25.5 Å². The van der Waals surface area contributed by atoms with Crippen molar-refractivity contribution in [2.45, 2.75) is 59.0 Å². The van der Waals surface area contributed by atoms with Crippen molar-refractivity contribution >= 4 is 17.9 Å². The van der Waals surface area contributed by atoms with Gasteiger partial charge >= 0.3 is 6.09 Å². The maximum absolute atomic E-state index is 12.4. The number of ether oxygens (including phenoxy) is 1. The monoisotopic (exact) mass is 446 g/mol. The minimum atomic E-state index is -0.458. The second-order valence-electron chi connectivity index (χ2n) is 9.27. The van der Waals surface area contributed by atoms with Crippen molar-refractivity contribution in [3.8, 4) is 0 Å². The van der Waals surface area contributed by atoms with Gasteiger partial charge in [0.2, 0.25) is 0 Å². The number of anilines is 1. The van der Waals surface area contributed by atoms with Crippen LogP contribution in [0.5, 0.6) is 0 Å². The number of unbranched alkanes of at least 4 members (excludes halogenated alkanes) is 1. The van der Waals surface area contributed by atoms with Crippen molar-refractivity contribution in [3.63, 3.8) is 0 Å². The lowest BCUT2D eigenvalue weighted by molar-refractivity contribution is 0.0214. The number of nitrogens with one attached hydrogen (secondary N) is 2. The molecule has 1 amide bonds. The zero-order chi connectivity index (χ0) is 23.4. The molecular weight excluding hydrogens is 404 g/mol. The number of hydrogen-bond acceptors (Lipinski definition) is 5. The van der Waals surface area contributed by atoms with Gasteiger partial charge in [0.1, 0.15) is 11.4 Å². The van der Waals surface area contributed by atoms with Crippen LogP contribution >= 0.6 is 0 Å². The molecule has 0 atom stereocenters. The molecule has 1 aromatic heterocycles. The Balaban J connectivity index is 1.65. The fourth-order valence-corrected chi connectivity index (χ4v) is 3.76. The van der Waals surface area contributed by atoms with Gasteiger partial charge in [-0.15, -0.1) is 0 Å². The maximum Gasteiger partial charge on any atom is 0.410 e. The molecule has 0 aromatic carbocycles. The van der Waals surface area contributed by atoms with Crippen LogP contribution in [-0.2, 0) is 4.74 Å². The third-order valence-corrected chi connectivity index (χ3v) is 5.50. The molecule has 32 heavy (non-hydrogen) atoms. The number of amides is 1. The van der Waals surface area contributed by atoms with Crippen LogP contribution in [0.25, 0.3) is 0 Å². The molecule has 8 heteroatoms. The van der Waals surface area contributed by atoms with E-state index in [-0.39, 0.29) is 6.09 Å². The average molecular weight is 447 g/mol. The van der Waals surface area contributed by atoms with E-state index in [9.17, 15) is 4.79 Å². The summed E-state index contributed by atoms with van der Waals surface area (Å²) in [4.78, 5) is 25.3. The summed E-state index contributed by atoms with van der Waals surface area (Å²) in [6, 6.07) is 5.89. The molecule has 8 nitrogen and oxygen atoms in total. The third kappa shape index (κ3) is 9.32. The highest BCUT2D eigenvalue weighted by atomic mass is 16.6. The predicted molar refractivity (Wildman–Crippen MR) is 131 cm³/mol. The lowest BCUT2D eigenvalue weighted by Crippen LogP contribution is -2.48. The first-order valence-electron chi connectivity index (χ1n) is 11.9. The van der Waals surface area contributed by atoms with Gasteiger partial charge in [0.15, 0.2) is 5.96 Å². The van der Waals surface area contributed by atoms with Crippen molar-refractivity contribution in [2.75, 3.05) is 51.6 Å². The largest absolute Gasteiger partial charge is 0.444 e. The van der Waals surface area contributed by atoms with Gasteiger partial charge in [-0.2, -0.15) is 0 Å². The SMILES string of the molecule is CCN(CC1CCN(C(=NC)NCCCCNc2ccccn2)CC1)C(=O)OC(C)(C)C. The molecule has 2 N–H and O–H groups in total. The Morgan fingerprint density at radius 2 is 1.97 bits per heavy atom. The number of hydrogen-bond donors (Lipinski definition) is 2. The highest BCUT2D eigenvalue weighted by molar-refractivity contribution is 5.79. The Bertz CT molecular complexity index is 696. The topological polar surface area (TPSA) is 82.1 Å². The number of aliphatic imine (C=N–C) groups is 1. The molecule has 1 aliphatic rings. The van der Waals surface area contributed by atoms with E-state index in [1.165, 1.54) is 0 Å². The second kappa shape index (κ2) is 13.1. The quantitative estimate of drug-likeness (QED) is 0.341. The number of nitrogens with zero attached hydrogens (tertiary/aromatic N) is 4. The van der Waals surface area contributed by atoms with Gasteiger partial charge in [-0.25, -0.2) is 9.78 Å². The van der Waals surface area contributed by atoms with Crippen LogP contribution in [0.1, 0.15) is 53.4 Å². The van der Waals surface area contributed by atoms with Gasteiger partial charge in [0.25, 0.3) is 0 Å². The lowest BCUT2D eigenvalue weighted by atomic mass is 9.96. The Hall–Kier alpha value is -2.51. The summed E-state index contributed by atoms with van der Waals surface area (Å²) in [5.74, 6) is 2.39. The Kier molecular flexibility index (Phi) is 10.6. The zero-order valence-electron chi connectivity index (χ0n) is 20.6. The zero-order valence-corrected chi connectivity index (χ0v) is 20.6. The molecule has 1 fully saturated rings. The summed E-state index contributed by atoms with van der Waals surface area (Å²) >= 11 is 0. The molecule has 0 unspecified atom stereocenters. The van der Waals surface area contributed by atoms with E-state index >= 15 is 0 Å². The van der Waals surface area contributed by atoms with Gasteiger partial charge in [0, 0.05) is 52.5 Å². The van der Waals surface area contributed by atoms with Crippen LogP contribution in [0.15, 0.2) is 29.4 Å². The Morgan fingerprint density at radius 1 is 1.25 bits per heavy atom. The number of aromatic nitrogens is 1. The van der Waals surface area contributed by atoms with Crippen LogP contribution in [0.4, 0.5) is 10.6 Å². The molecule has 2 heterocycles. The van der Waals surface area contributed by atoms with E-state index in [4.69, 9.17) is 4.74 Å². The number of carbonyl (C=O) groups excluding carboxylic acids is 1. The lowest BCUT2D eigenvalue weighted by Gasteiger charge is -2.36. The Labute approximate surface area is 193 Å². The summed E-state index contributed by atoms with van der Waals surface area (Å²) in [6.45, 7) is 12.9. The highest BCUT2D eigenvalue weighted by Crippen LogP contribution is 2.20. The number of guanidine groups is 1. The molecule has 0 spiro atoms. The van der Waals surface area contributed by atoms with Crippen LogP contribution in [0, 0.1) is 5.92 Å². The number of piperidine rings is 1. The summed E-state index contributed by atoms with van der Waals surface area (Å²) in [5.41, 5.74) is -0.458. The molecule has 1 saturated heterocycles. The molecule has 0 aliphatic carbocycles. The molecule has 1 aliphatic heterocycles. The highest BCUT2D eigenvalue weighted by Gasteiger charge is 2.27. The summed E-state index contributed by atoms with van der Waals surface area (Å²) in [7, 11) is 1.85. The minimum absolute atomic E-state index is 0.211. The van der Waals surface area contributed by atoms with E-state index in [1.54, 1.807) is 6.20 Å². The van der Waals surface area contributed by atoms with Crippen LogP contribution in [-0.4, -0.2) is 78.8 Å². The minimum Gasteiger partial charge on any atom is -0.444 e. The van der Waals surface area contributed by atoms with Gasteiger partial charge in [-0.3, -0.25) is 4.99 Å². The average Bonchev–Trinajstić information content (AvgIpc) is 2.77. The van der Waals surface area contributed by atoms with Crippen molar-refractivity contribution in [1.82, 2.24) is 20.1 Å². The van der Waals surface area contributed by atoms with E-state index in [0.717, 1.165) is 70.2 Å². The summed E-state index contributed by atoms with van der Waals surface area (Å²) in [5, 5.41) is 6.84. The molecular formula is C24H42N6O2. The third-order valence-electron chi connectivity index (χ3n) is 5.50. The van der Waals surface area contributed by atoms with E-state index < -0.39 is 5.60 Å². The van der Waals surface area contributed by atoms with Gasteiger partial charge in [0.05, 0.1) is 0 Å².